The zero-order valence-electron chi connectivity index (χ0n) is 44.4. The number of Topliss-reactive ketones (excluding diaryl/α,β-unsaturated/α-hetero) is 2. The number of allylic oxidation sites excluding steroid dienone is 2. The van der Waals surface area contributed by atoms with E-state index in [1.807, 2.05) is 68.5 Å². The lowest BCUT2D eigenvalue weighted by atomic mass is 9.71. The molecule has 0 radical (unpaired) electrons. The van der Waals surface area contributed by atoms with Crippen molar-refractivity contribution >= 4 is 68.4 Å². The van der Waals surface area contributed by atoms with Crippen molar-refractivity contribution in [2.75, 3.05) is 10.6 Å². The molecule has 0 spiro atoms. The highest BCUT2D eigenvalue weighted by molar-refractivity contribution is 7.15. The zero-order valence-corrected chi connectivity index (χ0v) is 46.0. The highest BCUT2D eigenvalue weighted by atomic mass is 32.1. The van der Waals surface area contributed by atoms with Crippen LogP contribution in [-0.2, 0) is 52.4 Å². The Labute approximate surface area is 451 Å². The molecule has 0 aliphatic heterocycles. The van der Waals surface area contributed by atoms with E-state index >= 15 is 0 Å². The molecule has 2 saturated carbocycles. The fourth-order valence-electron chi connectivity index (χ4n) is 8.04. The molecule has 16 nitrogen and oxygen atoms in total. The Bertz CT molecular complexity index is 2580. The van der Waals surface area contributed by atoms with Crippen LogP contribution < -0.4 is 21.7 Å². The minimum Gasteiger partial charge on any atom is -0.475 e. The molecule has 3 amide bonds. The van der Waals surface area contributed by atoms with Crippen LogP contribution in [-0.4, -0.2) is 84.8 Å². The normalized spacial score (nSPS) is 16.2. The maximum atomic E-state index is 13.1. The lowest BCUT2D eigenvalue weighted by Gasteiger charge is -2.35. The first-order valence-electron chi connectivity index (χ1n) is 25.7. The van der Waals surface area contributed by atoms with Crippen LogP contribution in [0.1, 0.15) is 147 Å². The number of halogens is 3. The smallest absolute Gasteiger partial charge is 0.475 e. The Kier molecular flexibility index (Phi) is 24.1. The standard InChI is InChI=1S/C29H40N4O4S.C24H32N4O2S.C2HF3O2/c1-6-22(30-27(36)37-28(2,3)4)23(34)19-21(14-13-20-11-8-7-9-12-20)15-16-24(35)31-26-33-32-25(38-26)29(5)17-10-18-29;1-3-19(25)20(29)16-18(11-10-17-8-5-4-6-9-17)12-13-21(30)26-23-28-27-22(31-23)24(2)14-7-15-24;3-2(4,5)1(6)7/h7-9,11-12,15-16,21-22H,6,10,13-14,17-19H2,1-5H3,(H,30,36)(H,31,33,35);4-6,8-9,12-13,18-19H,3,7,10-11,14-16,25H2,1-2H3,(H,26,28,30);(H,6,7)/b16-15+;13-12+;/t21-,22-;18-,19-;/m00./s1. The van der Waals surface area contributed by atoms with Gasteiger partial charge in [-0.2, -0.15) is 13.2 Å². The van der Waals surface area contributed by atoms with Gasteiger partial charge in [0.1, 0.15) is 21.4 Å². The summed E-state index contributed by atoms with van der Waals surface area (Å²) in [4.78, 5) is 71.8. The third-order valence-electron chi connectivity index (χ3n) is 13.1. The number of alkyl carbamates (subject to hydrolysis) is 1. The maximum Gasteiger partial charge on any atom is 0.490 e. The highest BCUT2D eigenvalue weighted by Crippen LogP contribution is 2.45. The Morgan fingerprint density at radius 3 is 1.45 bits per heavy atom. The van der Waals surface area contributed by atoms with Crippen molar-refractivity contribution < 1.29 is 51.8 Å². The van der Waals surface area contributed by atoms with E-state index in [-0.39, 0.29) is 52.5 Å². The number of amides is 3. The van der Waals surface area contributed by atoms with Crippen LogP contribution in [0, 0.1) is 11.8 Å². The molecule has 2 aromatic carbocycles. The van der Waals surface area contributed by atoms with Gasteiger partial charge in [0.15, 0.2) is 5.78 Å². The number of rotatable bonds is 23. The summed E-state index contributed by atoms with van der Waals surface area (Å²) >= 11 is 2.86. The number of benzene rings is 2. The lowest BCUT2D eigenvalue weighted by molar-refractivity contribution is -0.192. The molecule has 2 aliphatic carbocycles. The number of nitrogens with zero attached hydrogens (tertiary/aromatic N) is 4. The first kappa shape index (κ1) is 62.4. The number of nitrogens with one attached hydrogen (secondary N) is 3. The molecule has 2 aromatic heterocycles. The van der Waals surface area contributed by atoms with Gasteiger partial charge in [0.25, 0.3) is 0 Å². The van der Waals surface area contributed by atoms with Gasteiger partial charge < -0.3 is 20.9 Å². The van der Waals surface area contributed by atoms with Crippen molar-refractivity contribution in [3.05, 3.63) is 106 Å². The van der Waals surface area contributed by atoms with Gasteiger partial charge in [0, 0.05) is 23.7 Å². The van der Waals surface area contributed by atoms with Crippen LogP contribution in [0.2, 0.25) is 0 Å². The second-order valence-electron chi connectivity index (χ2n) is 20.7. The molecule has 4 atom stereocenters. The second kappa shape index (κ2) is 29.4. The van der Waals surface area contributed by atoms with Gasteiger partial charge in [0.2, 0.25) is 22.1 Å². The van der Waals surface area contributed by atoms with Crippen LogP contribution in [0.4, 0.5) is 28.2 Å². The van der Waals surface area contributed by atoms with E-state index in [0.717, 1.165) is 60.5 Å². The Hall–Kier alpha value is -6.19. The number of carboxylic acids is 1. The molecule has 2 fully saturated rings. The maximum absolute atomic E-state index is 13.1. The quantitative estimate of drug-likeness (QED) is 0.0434. The number of aliphatic carboxylic acids is 1. The molecule has 76 heavy (non-hydrogen) atoms. The van der Waals surface area contributed by atoms with Gasteiger partial charge >= 0.3 is 18.2 Å². The number of carboxylic acid groups (broad SMARTS) is 1. The van der Waals surface area contributed by atoms with Crippen molar-refractivity contribution in [2.24, 2.45) is 17.6 Å². The average Bonchev–Trinajstić information content (AvgIpc) is 4.03. The first-order valence-corrected chi connectivity index (χ1v) is 27.3. The molecule has 21 heteroatoms. The minimum absolute atomic E-state index is 0.0353. The molecule has 6 N–H and O–H groups in total. The summed E-state index contributed by atoms with van der Waals surface area (Å²) in [5, 5.41) is 35.2. The van der Waals surface area contributed by atoms with Gasteiger partial charge in [-0.1, -0.05) is 136 Å². The van der Waals surface area contributed by atoms with Crippen molar-refractivity contribution in [1.29, 1.82) is 0 Å². The number of nitrogens with two attached hydrogens (primary N) is 1. The molecule has 4 aromatic rings. The number of carbonyl (C=O) groups excluding carboxylic acids is 5. The minimum atomic E-state index is -5.08. The molecule has 6 rings (SSSR count). The molecular weight excluding hydrogens is 1020 g/mol. The van der Waals surface area contributed by atoms with Crippen LogP contribution in [0.5, 0.6) is 0 Å². The van der Waals surface area contributed by atoms with Crippen LogP contribution in [0.3, 0.4) is 0 Å². The molecule has 0 bridgehead atoms. The van der Waals surface area contributed by atoms with E-state index in [1.165, 1.54) is 53.2 Å². The van der Waals surface area contributed by atoms with Crippen LogP contribution >= 0.6 is 22.7 Å². The SMILES string of the molecule is CC[C@H](N)C(=O)C[C@H](/C=C/C(=O)Nc1nnc(C2(C)CCC2)s1)CCc1ccccc1.CC[C@H](NC(=O)OC(C)(C)C)C(=O)C[C@H](/C=C/C(=O)Nc1nnc(C2(C)CCC2)s1)CCc1ccccc1.O=C(O)C(F)(F)F. The van der Waals surface area contributed by atoms with Gasteiger partial charge in [-0.05, 0) is 120 Å². The van der Waals surface area contributed by atoms with Crippen molar-refractivity contribution in [3.8, 4) is 0 Å². The molecule has 0 saturated heterocycles. The van der Waals surface area contributed by atoms with Gasteiger partial charge in [-0.15, -0.1) is 20.4 Å². The number of anilines is 2. The van der Waals surface area contributed by atoms with Crippen LogP contribution in [0.15, 0.2) is 85.0 Å². The van der Waals surface area contributed by atoms with Gasteiger partial charge in [-0.3, -0.25) is 29.8 Å². The van der Waals surface area contributed by atoms with E-state index < -0.39 is 35.9 Å². The van der Waals surface area contributed by atoms with Gasteiger partial charge in [0.05, 0.1) is 12.1 Å². The van der Waals surface area contributed by atoms with Crippen molar-refractivity contribution in [3.63, 3.8) is 0 Å². The number of hydrogen-bond donors (Lipinski definition) is 5. The summed E-state index contributed by atoms with van der Waals surface area (Å²) in [5.41, 5.74) is 7.82. The Balaban J connectivity index is 0.000000296. The number of aryl methyl sites for hydroxylation is 2. The summed E-state index contributed by atoms with van der Waals surface area (Å²) in [5.74, 6) is -3.60. The van der Waals surface area contributed by atoms with E-state index in [2.05, 4.69) is 62.3 Å². The predicted octanol–water partition coefficient (Wildman–Crippen LogP) is 11.0. The fraction of sp³-hybridized carbons (Fsp3) is 0.527. The molecule has 0 unspecified atom stereocenters. The summed E-state index contributed by atoms with van der Waals surface area (Å²) in [7, 11) is 0. The Morgan fingerprint density at radius 1 is 0.697 bits per heavy atom. The van der Waals surface area contributed by atoms with E-state index in [4.69, 9.17) is 20.4 Å². The second-order valence-corrected chi connectivity index (χ2v) is 22.6. The van der Waals surface area contributed by atoms with E-state index in [9.17, 15) is 37.1 Å². The fourth-order valence-corrected chi connectivity index (χ4v) is 9.94. The number of ketones is 2. The first-order chi connectivity index (χ1) is 35.8. The number of carbonyl (C=O) groups is 6. The van der Waals surface area contributed by atoms with Gasteiger partial charge in [-0.25, -0.2) is 9.59 Å². The lowest BCUT2D eigenvalue weighted by Crippen LogP contribution is -2.43. The molecule has 2 aliphatic rings. The Morgan fingerprint density at radius 2 is 1.11 bits per heavy atom. The number of aromatic nitrogens is 4. The average molecular weight is 1100 g/mol. The topological polar surface area (TPSA) is 246 Å². The summed E-state index contributed by atoms with van der Waals surface area (Å²) in [6, 6.07) is 19.1. The van der Waals surface area contributed by atoms with E-state index in [0.29, 0.717) is 35.9 Å². The molecule has 2 heterocycles. The summed E-state index contributed by atoms with van der Waals surface area (Å²) in [6.45, 7) is 13.5. The monoisotopic (exact) mass is 1090 g/mol. The van der Waals surface area contributed by atoms with E-state index in [1.54, 1.807) is 26.8 Å². The molecular formula is C55H73F3N8O8S2. The summed E-state index contributed by atoms with van der Waals surface area (Å²) < 4.78 is 37.1. The number of alkyl halides is 3. The number of hydrogen-bond acceptors (Lipinski definition) is 14. The third kappa shape index (κ3) is 21.4. The zero-order chi connectivity index (χ0) is 56.1. The predicted molar refractivity (Wildman–Crippen MR) is 289 cm³/mol. The third-order valence-corrected chi connectivity index (χ3v) is 15.4. The van der Waals surface area contributed by atoms with Crippen molar-refractivity contribution in [1.82, 2.24) is 25.7 Å². The summed E-state index contributed by atoms with van der Waals surface area (Å²) in [6.07, 6.45) is 12.4. The number of ether oxygens (including phenoxy) is 1. The molecule has 414 valence electrons. The highest BCUT2D eigenvalue weighted by Gasteiger charge is 2.39. The largest absolute Gasteiger partial charge is 0.490 e. The van der Waals surface area contributed by atoms with Crippen LogP contribution in [0.25, 0.3) is 0 Å². The van der Waals surface area contributed by atoms with Crippen molar-refractivity contribution in [2.45, 2.75) is 173 Å².